The maximum atomic E-state index is 2.60. The van der Waals surface area contributed by atoms with Crippen LogP contribution in [0.1, 0.15) is 60.9 Å². The normalized spacial score (nSPS) is 14.7. The molecule has 0 radical (unpaired) electrons. The maximum absolute atomic E-state index is 2.60. The first-order valence-corrected chi connectivity index (χ1v) is 23.5. The van der Waals surface area contributed by atoms with Gasteiger partial charge in [0.15, 0.2) is 0 Å². The Kier molecular flexibility index (Phi) is 9.46. The summed E-state index contributed by atoms with van der Waals surface area (Å²) in [6.07, 6.45) is 4.79. The molecule has 1 atom stereocenters. The van der Waals surface area contributed by atoms with Crippen LogP contribution in [0.4, 0.5) is 0 Å². The molecule has 2 aliphatic carbocycles. The molecule has 0 nitrogen and oxygen atoms in total. The Hall–Kier alpha value is -2.22. The molecular formula is C39H38Cl2SiZr. The predicted molar refractivity (Wildman–Crippen MR) is 176 cm³/mol. The molecule has 216 valence electrons. The van der Waals surface area contributed by atoms with Crippen molar-refractivity contribution in [2.45, 2.75) is 52.6 Å². The van der Waals surface area contributed by atoms with Crippen LogP contribution in [0.25, 0.3) is 39.1 Å². The third-order valence-corrected chi connectivity index (χ3v) is 17.2. The van der Waals surface area contributed by atoms with E-state index in [1.807, 2.05) is 0 Å². The fraction of sp³-hybridized carbons (Fsp3) is 0.231. The minimum Gasteiger partial charge on any atom is -1.00 e. The summed E-state index contributed by atoms with van der Waals surface area (Å²) in [7, 11) is 0. The minimum absolute atomic E-state index is 0. The third-order valence-electron chi connectivity index (χ3n) is 8.73. The monoisotopic (exact) mass is 694 g/mol. The van der Waals surface area contributed by atoms with Crippen molar-refractivity contribution in [1.82, 2.24) is 0 Å². The van der Waals surface area contributed by atoms with E-state index < -0.39 is 28.3 Å². The van der Waals surface area contributed by atoms with Crippen LogP contribution in [0.5, 0.6) is 0 Å². The molecule has 0 heterocycles. The van der Waals surface area contributed by atoms with Gasteiger partial charge in [0.2, 0.25) is 0 Å². The number of hydrogen-bond donors (Lipinski definition) is 0. The molecule has 0 saturated carbocycles. The summed E-state index contributed by atoms with van der Waals surface area (Å²) < 4.78 is 1.76. The number of allylic oxidation sites excluding steroid dienone is 1. The first kappa shape index (κ1) is 32.2. The Bertz CT molecular complexity index is 1840. The fourth-order valence-electron chi connectivity index (χ4n) is 7.27. The van der Waals surface area contributed by atoms with E-state index in [1.54, 1.807) is 20.0 Å². The van der Waals surface area contributed by atoms with E-state index in [9.17, 15) is 0 Å². The second kappa shape index (κ2) is 12.6. The van der Waals surface area contributed by atoms with E-state index in [2.05, 4.69) is 137 Å². The summed E-state index contributed by atoms with van der Waals surface area (Å²) in [5, 5.41) is 2.65. The molecule has 0 saturated heterocycles. The van der Waals surface area contributed by atoms with Crippen LogP contribution in [0.15, 0.2) is 103 Å². The molecule has 0 fully saturated rings. The summed E-state index contributed by atoms with van der Waals surface area (Å²) in [6.45, 7) is 12.4. The van der Waals surface area contributed by atoms with Crippen LogP contribution >= 0.6 is 0 Å². The zero-order chi connectivity index (χ0) is 28.3. The molecule has 0 aromatic heterocycles. The molecule has 0 aliphatic heterocycles. The molecular weight excluding hydrogens is 659 g/mol. The number of fused-ring (bicyclic) bond motifs is 5. The van der Waals surface area contributed by atoms with Gasteiger partial charge in [0.05, 0.1) is 0 Å². The Labute approximate surface area is 282 Å². The van der Waals surface area contributed by atoms with Crippen molar-refractivity contribution in [2.24, 2.45) is 5.41 Å². The van der Waals surface area contributed by atoms with E-state index in [0.717, 1.165) is 12.8 Å². The number of benzene rings is 5. The van der Waals surface area contributed by atoms with E-state index >= 15 is 0 Å². The van der Waals surface area contributed by atoms with Gasteiger partial charge in [-0.1, -0.05) is 0 Å². The molecule has 2 aliphatic rings. The van der Waals surface area contributed by atoms with Gasteiger partial charge in [-0.2, -0.15) is 0 Å². The number of rotatable bonds is 5. The van der Waals surface area contributed by atoms with Crippen molar-refractivity contribution in [3.05, 3.63) is 130 Å². The summed E-state index contributed by atoms with van der Waals surface area (Å²) in [6, 6.07) is 36.9. The van der Waals surface area contributed by atoms with Gasteiger partial charge < -0.3 is 24.8 Å². The molecule has 7 rings (SSSR count). The van der Waals surface area contributed by atoms with Gasteiger partial charge in [0.1, 0.15) is 0 Å². The van der Waals surface area contributed by atoms with E-state index in [-0.39, 0.29) is 30.2 Å². The third kappa shape index (κ3) is 5.94. The van der Waals surface area contributed by atoms with E-state index in [1.165, 1.54) is 49.7 Å². The second-order valence-electron chi connectivity index (χ2n) is 13.4. The van der Waals surface area contributed by atoms with Gasteiger partial charge in [-0.3, -0.25) is 0 Å². The zero-order valence-corrected chi connectivity index (χ0v) is 30.8. The second-order valence-corrected chi connectivity index (χ2v) is 28.0. The van der Waals surface area contributed by atoms with Gasteiger partial charge in [0.25, 0.3) is 0 Å². The number of halogens is 2. The van der Waals surface area contributed by atoms with Gasteiger partial charge in [-0.25, -0.2) is 0 Å². The van der Waals surface area contributed by atoms with Crippen molar-refractivity contribution in [1.29, 1.82) is 0 Å². The van der Waals surface area contributed by atoms with Crippen LogP contribution in [0.3, 0.4) is 0 Å². The standard InChI is InChI=1S/C37H31.C2H7Si.2ClH.Zr/c1-37(2,3)23-26-22-35-31(29-16-8-13-24-11-4-6-14-27(24)29)18-10-20-33(35)36(26)32-19-9-17-30-28-15-7-5-12-25(28)21-34(30)32;1-3-2;;;/h4-18,20,22,36H,21,23H2,1-3H3;3H,1-2H3;2*1H;/q;;;;+2/p-2. The molecule has 5 aromatic carbocycles. The van der Waals surface area contributed by atoms with E-state index in [0.29, 0.717) is 5.92 Å². The van der Waals surface area contributed by atoms with Gasteiger partial charge in [-0.15, -0.1) is 0 Å². The molecule has 1 unspecified atom stereocenters. The average Bonchev–Trinajstić information content (AvgIpc) is 3.49. The molecule has 5 aromatic rings. The number of hydrogen-bond acceptors (Lipinski definition) is 0. The van der Waals surface area contributed by atoms with Crippen molar-refractivity contribution >= 4 is 26.0 Å². The average molecular weight is 697 g/mol. The fourth-order valence-corrected chi connectivity index (χ4v) is 15.5. The Balaban J connectivity index is 0.00000184. The molecule has 0 amide bonds. The molecule has 0 N–H and O–H groups in total. The molecule has 0 spiro atoms. The van der Waals surface area contributed by atoms with Crippen LogP contribution in [0.2, 0.25) is 13.1 Å². The Morgan fingerprint density at radius 3 is 2.19 bits per heavy atom. The van der Waals surface area contributed by atoms with Crippen LogP contribution < -0.4 is 28.1 Å². The van der Waals surface area contributed by atoms with Gasteiger partial charge >= 0.3 is 259 Å². The quantitative estimate of drug-likeness (QED) is 0.241. The van der Waals surface area contributed by atoms with E-state index in [4.69, 9.17) is 0 Å². The first-order chi connectivity index (χ1) is 19.8. The Morgan fingerprint density at radius 1 is 0.721 bits per heavy atom. The summed E-state index contributed by atoms with van der Waals surface area (Å²) in [4.78, 5) is 0. The van der Waals surface area contributed by atoms with Gasteiger partial charge in [0, 0.05) is 0 Å². The van der Waals surface area contributed by atoms with Gasteiger partial charge in [-0.05, 0) is 0 Å². The summed E-state index contributed by atoms with van der Waals surface area (Å²) in [5.41, 5.74) is 15.3. The summed E-state index contributed by atoms with van der Waals surface area (Å²) >= 11 is -0.628. The Morgan fingerprint density at radius 2 is 1.40 bits per heavy atom. The smallest absolute Gasteiger partial charge is 1.00 e. The van der Waals surface area contributed by atoms with Crippen molar-refractivity contribution in [3.8, 4) is 22.3 Å². The zero-order valence-electron chi connectivity index (χ0n) is 25.6. The maximum Gasteiger partial charge on any atom is -1.00 e. The topological polar surface area (TPSA) is 0 Å². The van der Waals surface area contributed by atoms with Crippen LogP contribution in [0, 0.1) is 5.41 Å². The summed E-state index contributed by atoms with van der Waals surface area (Å²) in [5.74, 6) is -0.302. The minimum atomic E-state index is -0.656. The van der Waals surface area contributed by atoms with Crippen LogP contribution in [-0.2, 0) is 28.8 Å². The van der Waals surface area contributed by atoms with Crippen molar-refractivity contribution in [2.75, 3.05) is 0 Å². The van der Waals surface area contributed by atoms with Crippen molar-refractivity contribution in [3.63, 3.8) is 0 Å². The largest absolute Gasteiger partial charge is 1.00 e. The molecule has 43 heavy (non-hydrogen) atoms. The SMILES string of the molecule is C[SiH](C)[Zr+2][c]1ccc2c(c1C1C(CC(C)(C)C)=Cc3c(-c4cccc5ccccc45)cccc31)Cc1ccccc1-2.[Cl-].[Cl-]. The first-order valence-electron chi connectivity index (χ1n) is 15.1. The van der Waals surface area contributed by atoms with Crippen molar-refractivity contribution < 1.29 is 47.2 Å². The molecule has 0 bridgehead atoms. The molecule has 4 heteroatoms. The predicted octanol–water partition coefficient (Wildman–Crippen LogP) is 3.74. The van der Waals surface area contributed by atoms with Crippen LogP contribution in [-0.4, -0.2) is 5.92 Å².